The van der Waals surface area contributed by atoms with Crippen LogP contribution in [0.15, 0.2) is 12.3 Å². The van der Waals surface area contributed by atoms with Crippen molar-refractivity contribution in [2.24, 2.45) is 0 Å². The van der Waals surface area contributed by atoms with Crippen LogP contribution in [0.2, 0.25) is 0 Å². The minimum absolute atomic E-state index is 0.0886. The summed E-state index contributed by atoms with van der Waals surface area (Å²) >= 11 is 0. The van der Waals surface area contributed by atoms with Gasteiger partial charge in [0.1, 0.15) is 0 Å². The number of pyridine rings is 1. The highest BCUT2D eigenvalue weighted by molar-refractivity contribution is 5.95. The molecule has 0 bridgehead atoms. The lowest BCUT2D eigenvalue weighted by Gasteiger charge is -2.34. The number of nitrogens with one attached hydrogen (secondary N) is 1. The van der Waals surface area contributed by atoms with Crippen LogP contribution in [0.25, 0.3) is 0 Å². The molecule has 0 aromatic carbocycles. The van der Waals surface area contributed by atoms with Crippen molar-refractivity contribution >= 4 is 11.7 Å². The molecule has 1 aromatic rings. The summed E-state index contributed by atoms with van der Waals surface area (Å²) in [7, 11) is 0. The molecule has 3 N–H and O–H groups in total. The lowest BCUT2D eigenvalue weighted by Crippen LogP contribution is -2.51. The van der Waals surface area contributed by atoms with Crippen molar-refractivity contribution in [3.63, 3.8) is 0 Å². The van der Waals surface area contributed by atoms with Gasteiger partial charge in [-0.3, -0.25) is 4.79 Å². The zero-order valence-corrected chi connectivity index (χ0v) is 10.2. The van der Waals surface area contributed by atoms with Gasteiger partial charge in [-0.15, -0.1) is 0 Å². The largest absolute Gasteiger partial charge is 0.381 e. The highest BCUT2D eigenvalue weighted by Gasteiger charge is 2.30. The monoisotopic (exact) mass is 253 g/mol. The molecule has 1 aromatic heterocycles. The van der Waals surface area contributed by atoms with Crippen molar-refractivity contribution in [2.45, 2.75) is 25.3 Å². The molecule has 1 amide bonds. The Morgan fingerprint density at radius 1 is 1.67 bits per heavy atom. The van der Waals surface area contributed by atoms with Gasteiger partial charge < -0.3 is 15.8 Å². The van der Waals surface area contributed by atoms with Gasteiger partial charge in [0.25, 0.3) is 5.91 Å². The van der Waals surface area contributed by atoms with E-state index in [0.717, 1.165) is 12.8 Å². The quantitative estimate of drug-likeness (QED) is 0.827. The number of amides is 1. The number of halogens is 1. The van der Waals surface area contributed by atoms with Gasteiger partial charge >= 0.3 is 0 Å². The van der Waals surface area contributed by atoms with E-state index in [1.807, 2.05) is 6.92 Å². The standard InChI is InChI=1S/C12H16FN3O2/c1-12(4-2-6-18-7-12)16-11(17)8-3-5-15-10(14)9(8)13/h3,5H,2,4,6-7H2,1H3,(H2,14,15)(H,16,17). The number of carbonyl (C=O) groups is 1. The van der Waals surface area contributed by atoms with Crippen LogP contribution in [0, 0.1) is 5.82 Å². The smallest absolute Gasteiger partial charge is 0.254 e. The Balaban J connectivity index is 2.14. The van der Waals surface area contributed by atoms with Gasteiger partial charge in [-0.25, -0.2) is 9.37 Å². The van der Waals surface area contributed by atoms with Crippen molar-refractivity contribution in [2.75, 3.05) is 18.9 Å². The van der Waals surface area contributed by atoms with E-state index in [2.05, 4.69) is 10.3 Å². The second-order valence-electron chi connectivity index (χ2n) is 4.73. The van der Waals surface area contributed by atoms with E-state index in [4.69, 9.17) is 10.5 Å². The lowest BCUT2D eigenvalue weighted by atomic mass is 9.94. The average Bonchev–Trinajstić information content (AvgIpc) is 2.33. The van der Waals surface area contributed by atoms with E-state index in [1.54, 1.807) is 0 Å². The fourth-order valence-corrected chi connectivity index (χ4v) is 2.01. The molecule has 2 rings (SSSR count). The van der Waals surface area contributed by atoms with E-state index in [1.165, 1.54) is 12.3 Å². The van der Waals surface area contributed by atoms with E-state index in [0.29, 0.717) is 13.2 Å². The van der Waals surface area contributed by atoms with Crippen LogP contribution in [0.1, 0.15) is 30.1 Å². The maximum absolute atomic E-state index is 13.7. The van der Waals surface area contributed by atoms with Gasteiger partial charge in [-0.2, -0.15) is 0 Å². The molecule has 5 nitrogen and oxygen atoms in total. The molecule has 0 radical (unpaired) electrons. The maximum Gasteiger partial charge on any atom is 0.254 e. The van der Waals surface area contributed by atoms with Gasteiger partial charge in [-0.1, -0.05) is 0 Å². The first-order valence-electron chi connectivity index (χ1n) is 5.82. The summed E-state index contributed by atoms with van der Waals surface area (Å²) in [6.07, 6.45) is 2.99. The first-order chi connectivity index (χ1) is 8.52. The van der Waals surface area contributed by atoms with Crippen LogP contribution in [-0.4, -0.2) is 29.6 Å². The molecule has 1 unspecified atom stereocenters. The first-order valence-corrected chi connectivity index (χ1v) is 5.82. The van der Waals surface area contributed by atoms with E-state index >= 15 is 0 Å². The number of rotatable bonds is 2. The molecule has 18 heavy (non-hydrogen) atoms. The van der Waals surface area contributed by atoms with Crippen molar-refractivity contribution < 1.29 is 13.9 Å². The Kier molecular flexibility index (Phi) is 3.47. The normalized spacial score (nSPS) is 23.7. The van der Waals surface area contributed by atoms with E-state index in [9.17, 15) is 9.18 Å². The highest BCUT2D eigenvalue weighted by atomic mass is 19.1. The number of carbonyl (C=O) groups excluding carboxylic acids is 1. The molecule has 1 saturated heterocycles. The number of hydrogen-bond donors (Lipinski definition) is 2. The molecule has 0 aliphatic carbocycles. The Labute approximate surface area is 105 Å². The third-order valence-corrected chi connectivity index (χ3v) is 3.01. The summed E-state index contributed by atoms with van der Waals surface area (Å²) in [5, 5.41) is 2.79. The number of anilines is 1. The number of ether oxygens (including phenoxy) is 1. The number of nitrogens with zero attached hydrogens (tertiary/aromatic N) is 1. The average molecular weight is 253 g/mol. The molecule has 1 atom stereocenters. The van der Waals surface area contributed by atoms with Crippen molar-refractivity contribution in [1.82, 2.24) is 10.3 Å². The fraction of sp³-hybridized carbons (Fsp3) is 0.500. The summed E-state index contributed by atoms with van der Waals surface area (Å²) in [5.74, 6) is -1.54. The van der Waals surface area contributed by atoms with Crippen LogP contribution < -0.4 is 11.1 Å². The topological polar surface area (TPSA) is 77.2 Å². The van der Waals surface area contributed by atoms with E-state index in [-0.39, 0.29) is 11.4 Å². The summed E-state index contributed by atoms with van der Waals surface area (Å²) in [4.78, 5) is 15.6. The van der Waals surface area contributed by atoms with Gasteiger partial charge in [0.05, 0.1) is 17.7 Å². The molecular weight excluding hydrogens is 237 g/mol. The lowest BCUT2D eigenvalue weighted by molar-refractivity contribution is 0.0271. The minimum atomic E-state index is -0.782. The maximum atomic E-state index is 13.7. The summed E-state index contributed by atoms with van der Waals surface area (Å²) in [6.45, 7) is 3.01. The molecule has 2 heterocycles. The number of aromatic nitrogens is 1. The molecule has 98 valence electrons. The van der Waals surface area contributed by atoms with Crippen LogP contribution >= 0.6 is 0 Å². The Hall–Kier alpha value is -1.69. The third kappa shape index (κ3) is 2.59. The Bertz CT molecular complexity index is 459. The number of nitrogen functional groups attached to an aromatic ring is 1. The summed E-state index contributed by atoms with van der Waals surface area (Å²) < 4.78 is 19.0. The van der Waals surface area contributed by atoms with Gasteiger partial charge in [0, 0.05) is 12.8 Å². The van der Waals surface area contributed by atoms with Gasteiger partial charge in [0.2, 0.25) is 0 Å². The fourth-order valence-electron chi connectivity index (χ4n) is 2.01. The molecule has 1 fully saturated rings. The molecule has 6 heteroatoms. The summed E-state index contributed by atoms with van der Waals surface area (Å²) in [5.41, 5.74) is 4.79. The van der Waals surface area contributed by atoms with Crippen LogP contribution in [0.4, 0.5) is 10.2 Å². The van der Waals surface area contributed by atoms with E-state index < -0.39 is 17.3 Å². The van der Waals surface area contributed by atoms with Crippen molar-refractivity contribution in [3.8, 4) is 0 Å². The third-order valence-electron chi connectivity index (χ3n) is 3.01. The number of nitrogens with two attached hydrogens (primary N) is 1. The predicted octanol–water partition coefficient (Wildman–Crippen LogP) is 1.10. The van der Waals surface area contributed by atoms with Gasteiger partial charge in [0.15, 0.2) is 11.6 Å². The first kappa shape index (κ1) is 12.8. The van der Waals surface area contributed by atoms with Gasteiger partial charge in [-0.05, 0) is 25.8 Å². The highest BCUT2D eigenvalue weighted by Crippen LogP contribution is 2.20. The molecule has 1 aliphatic heterocycles. The molecule has 0 saturated carbocycles. The zero-order chi connectivity index (χ0) is 13.2. The van der Waals surface area contributed by atoms with Crippen LogP contribution in [-0.2, 0) is 4.74 Å². The Morgan fingerprint density at radius 3 is 3.11 bits per heavy atom. The van der Waals surface area contributed by atoms with Crippen molar-refractivity contribution in [3.05, 3.63) is 23.6 Å². The molecular formula is C12H16FN3O2. The minimum Gasteiger partial charge on any atom is -0.381 e. The second kappa shape index (κ2) is 4.89. The molecule has 0 spiro atoms. The second-order valence-corrected chi connectivity index (χ2v) is 4.73. The van der Waals surface area contributed by atoms with Crippen LogP contribution in [0.3, 0.4) is 0 Å². The van der Waals surface area contributed by atoms with Crippen molar-refractivity contribution in [1.29, 1.82) is 0 Å². The number of hydrogen-bond acceptors (Lipinski definition) is 4. The molecule has 1 aliphatic rings. The summed E-state index contributed by atoms with van der Waals surface area (Å²) in [6, 6.07) is 1.31. The Morgan fingerprint density at radius 2 is 2.44 bits per heavy atom. The zero-order valence-electron chi connectivity index (χ0n) is 10.2. The van der Waals surface area contributed by atoms with Crippen LogP contribution in [0.5, 0.6) is 0 Å². The predicted molar refractivity (Wildman–Crippen MR) is 64.5 cm³/mol. The SMILES string of the molecule is CC1(NC(=O)c2ccnc(N)c2F)CCCOC1.